The summed E-state index contributed by atoms with van der Waals surface area (Å²) >= 11 is 0. The van der Waals surface area contributed by atoms with Crippen LogP contribution in [0.5, 0.6) is 0 Å². The van der Waals surface area contributed by atoms with Crippen LogP contribution in [0.25, 0.3) is 0 Å². The number of hydrogen-bond acceptors (Lipinski definition) is 2. The summed E-state index contributed by atoms with van der Waals surface area (Å²) in [6.07, 6.45) is 5.52. The largest absolute Gasteiger partial charge is 0.370 e. The minimum Gasteiger partial charge on any atom is -0.370 e. The van der Waals surface area contributed by atoms with E-state index >= 15 is 0 Å². The van der Waals surface area contributed by atoms with Crippen LogP contribution in [0, 0.1) is 5.92 Å². The Hall–Kier alpha value is -0.730. The molecule has 19 heavy (non-hydrogen) atoms. The highest BCUT2D eigenvalue weighted by Gasteiger charge is 2.51. The van der Waals surface area contributed by atoms with Crippen molar-refractivity contribution in [2.24, 2.45) is 5.92 Å². The lowest BCUT2D eigenvalue weighted by Crippen LogP contribution is -2.36. The van der Waals surface area contributed by atoms with E-state index in [0.717, 1.165) is 5.92 Å². The topological polar surface area (TPSA) is 15.3 Å². The number of anilines is 1. The van der Waals surface area contributed by atoms with Crippen LogP contribution >= 0.6 is 12.4 Å². The van der Waals surface area contributed by atoms with Crippen LogP contribution in [-0.2, 0) is 5.41 Å². The van der Waals surface area contributed by atoms with Gasteiger partial charge in [-0.15, -0.1) is 12.4 Å². The van der Waals surface area contributed by atoms with Crippen molar-refractivity contribution < 1.29 is 0 Å². The second-order valence-electron chi connectivity index (χ2n) is 6.37. The summed E-state index contributed by atoms with van der Waals surface area (Å²) in [6, 6.07) is 9.12. The Balaban J connectivity index is 0.00000110. The summed E-state index contributed by atoms with van der Waals surface area (Å²) in [5.41, 5.74) is 3.73. The van der Waals surface area contributed by atoms with Crippen molar-refractivity contribution in [1.82, 2.24) is 5.32 Å². The molecule has 1 saturated carbocycles. The summed E-state index contributed by atoms with van der Waals surface area (Å²) in [6.45, 7) is 4.99. The van der Waals surface area contributed by atoms with E-state index in [2.05, 4.69) is 34.5 Å². The van der Waals surface area contributed by atoms with Gasteiger partial charge in [0.2, 0.25) is 0 Å². The SMILES string of the molecule is Cl.c1ccc2c(c1)N(CC1CCNCC1)CC21CC1. The molecule has 1 aromatic rings. The van der Waals surface area contributed by atoms with Gasteiger partial charge in [0.1, 0.15) is 0 Å². The van der Waals surface area contributed by atoms with Gasteiger partial charge in [-0.2, -0.15) is 0 Å². The predicted molar refractivity (Wildman–Crippen MR) is 82.4 cm³/mol. The summed E-state index contributed by atoms with van der Waals surface area (Å²) < 4.78 is 0. The molecular weight excluding hydrogens is 256 g/mol. The summed E-state index contributed by atoms with van der Waals surface area (Å²) in [7, 11) is 0. The van der Waals surface area contributed by atoms with Gasteiger partial charge in [0.25, 0.3) is 0 Å². The maximum Gasteiger partial charge on any atom is 0.0405 e. The number of benzene rings is 1. The van der Waals surface area contributed by atoms with Crippen molar-refractivity contribution in [3.8, 4) is 0 Å². The van der Waals surface area contributed by atoms with E-state index in [4.69, 9.17) is 0 Å². The standard InChI is InChI=1S/C16H22N2.ClH/c1-2-4-15-14(3-1)16(7-8-16)12-18(15)11-13-5-9-17-10-6-13;/h1-4,13,17H,5-12H2;1H. The third-order valence-electron chi connectivity index (χ3n) is 5.10. The molecule has 0 atom stereocenters. The minimum atomic E-state index is 0. The van der Waals surface area contributed by atoms with Gasteiger partial charge in [0, 0.05) is 24.2 Å². The Bertz CT molecular complexity index is 450. The Morgan fingerprint density at radius 2 is 1.89 bits per heavy atom. The van der Waals surface area contributed by atoms with E-state index in [0.29, 0.717) is 5.41 Å². The molecule has 2 nitrogen and oxygen atoms in total. The Morgan fingerprint density at radius 1 is 1.16 bits per heavy atom. The maximum absolute atomic E-state index is 3.47. The number of rotatable bonds is 2. The van der Waals surface area contributed by atoms with E-state index < -0.39 is 0 Å². The number of halogens is 1. The lowest BCUT2D eigenvalue weighted by molar-refractivity contribution is 0.373. The van der Waals surface area contributed by atoms with Crippen LogP contribution in [0.2, 0.25) is 0 Å². The molecule has 1 spiro atoms. The van der Waals surface area contributed by atoms with Gasteiger partial charge in [-0.25, -0.2) is 0 Å². The monoisotopic (exact) mass is 278 g/mol. The highest BCUT2D eigenvalue weighted by molar-refractivity contribution is 5.85. The molecule has 4 rings (SSSR count). The van der Waals surface area contributed by atoms with Crippen molar-refractivity contribution in [3.05, 3.63) is 29.8 Å². The molecule has 0 aromatic heterocycles. The molecule has 0 amide bonds. The fourth-order valence-electron chi connectivity index (χ4n) is 3.85. The molecule has 2 fully saturated rings. The van der Waals surface area contributed by atoms with E-state index in [-0.39, 0.29) is 12.4 Å². The Kier molecular flexibility index (Phi) is 3.48. The smallest absolute Gasteiger partial charge is 0.0405 e. The van der Waals surface area contributed by atoms with E-state index in [1.54, 1.807) is 5.56 Å². The molecule has 1 aromatic carbocycles. The number of piperidine rings is 1. The zero-order valence-corrected chi connectivity index (χ0v) is 12.2. The normalized spacial score (nSPS) is 24.1. The molecule has 1 aliphatic carbocycles. The van der Waals surface area contributed by atoms with Gasteiger partial charge in [0.05, 0.1) is 0 Å². The maximum atomic E-state index is 3.47. The van der Waals surface area contributed by atoms with Crippen molar-refractivity contribution in [3.63, 3.8) is 0 Å². The van der Waals surface area contributed by atoms with Crippen LogP contribution in [0.4, 0.5) is 5.69 Å². The second-order valence-corrected chi connectivity index (χ2v) is 6.37. The fourth-order valence-corrected chi connectivity index (χ4v) is 3.85. The molecule has 2 aliphatic heterocycles. The molecule has 0 bridgehead atoms. The highest BCUT2D eigenvalue weighted by Crippen LogP contribution is 2.56. The predicted octanol–water partition coefficient (Wildman–Crippen LogP) is 2.96. The third kappa shape index (κ3) is 2.25. The van der Waals surface area contributed by atoms with Crippen LogP contribution in [0.15, 0.2) is 24.3 Å². The second kappa shape index (κ2) is 4.99. The highest BCUT2D eigenvalue weighted by atomic mass is 35.5. The first kappa shape index (κ1) is 13.3. The zero-order chi connectivity index (χ0) is 12.0. The lowest BCUT2D eigenvalue weighted by Gasteiger charge is -2.29. The van der Waals surface area contributed by atoms with Crippen molar-refractivity contribution in [2.75, 3.05) is 31.1 Å². The van der Waals surface area contributed by atoms with E-state index in [9.17, 15) is 0 Å². The van der Waals surface area contributed by atoms with Crippen molar-refractivity contribution in [1.29, 1.82) is 0 Å². The molecule has 2 heterocycles. The Morgan fingerprint density at radius 3 is 2.63 bits per heavy atom. The van der Waals surface area contributed by atoms with Crippen LogP contribution in [0.3, 0.4) is 0 Å². The average molecular weight is 279 g/mol. The van der Waals surface area contributed by atoms with E-state index in [1.165, 1.54) is 57.5 Å². The van der Waals surface area contributed by atoms with Gasteiger partial charge in [0.15, 0.2) is 0 Å². The molecule has 1 N–H and O–H groups in total. The molecule has 0 unspecified atom stereocenters. The summed E-state index contributed by atoms with van der Waals surface area (Å²) in [4.78, 5) is 2.68. The number of nitrogens with zero attached hydrogens (tertiary/aromatic N) is 1. The molecule has 3 aliphatic rings. The first-order valence-electron chi connectivity index (χ1n) is 7.43. The van der Waals surface area contributed by atoms with Crippen LogP contribution < -0.4 is 10.2 Å². The Labute approximate surface area is 122 Å². The minimum absolute atomic E-state index is 0. The van der Waals surface area contributed by atoms with Crippen molar-refractivity contribution in [2.45, 2.75) is 31.1 Å². The molecule has 0 radical (unpaired) electrons. The van der Waals surface area contributed by atoms with Gasteiger partial charge in [-0.05, 0) is 56.3 Å². The number of para-hydroxylation sites is 1. The van der Waals surface area contributed by atoms with Crippen LogP contribution in [-0.4, -0.2) is 26.2 Å². The molecule has 3 heteroatoms. The quantitative estimate of drug-likeness (QED) is 0.895. The van der Waals surface area contributed by atoms with Gasteiger partial charge in [-0.1, -0.05) is 18.2 Å². The first-order valence-corrected chi connectivity index (χ1v) is 7.43. The van der Waals surface area contributed by atoms with Gasteiger partial charge < -0.3 is 10.2 Å². The summed E-state index contributed by atoms with van der Waals surface area (Å²) in [5.74, 6) is 0.896. The van der Waals surface area contributed by atoms with Gasteiger partial charge >= 0.3 is 0 Å². The number of fused-ring (bicyclic) bond motifs is 2. The first-order chi connectivity index (χ1) is 8.87. The fraction of sp³-hybridized carbons (Fsp3) is 0.625. The molecule has 104 valence electrons. The summed E-state index contributed by atoms with van der Waals surface area (Å²) in [5, 5.41) is 3.47. The third-order valence-corrected chi connectivity index (χ3v) is 5.10. The lowest BCUT2D eigenvalue weighted by atomic mass is 9.97. The van der Waals surface area contributed by atoms with E-state index in [1.807, 2.05) is 0 Å². The van der Waals surface area contributed by atoms with Crippen molar-refractivity contribution >= 4 is 18.1 Å². The molecular formula is C16H23ClN2. The van der Waals surface area contributed by atoms with Gasteiger partial charge in [-0.3, -0.25) is 0 Å². The zero-order valence-electron chi connectivity index (χ0n) is 11.4. The number of nitrogens with one attached hydrogen (secondary N) is 1. The molecule has 1 saturated heterocycles. The number of hydrogen-bond donors (Lipinski definition) is 1. The average Bonchev–Trinajstić information content (AvgIpc) is 3.13. The van der Waals surface area contributed by atoms with Crippen LogP contribution in [0.1, 0.15) is 31.2 Å².